The van der Waals surface area contributed by atoms with Crippen molar-refractivity contribution in [3.05, 3.63) is 67.8 Å². The first-order valence-electron chi connectivity index (χ1n) is 7.41. The second-order valence-corrected chi connectivity index (χ2v) is 6.25. The minimum atomic E-state index is -0.808. The molecular formula is C15H11Cl2FN6O3. The zero-order valence-electron chi connectivity index (χ0n) is 13.7. The third-order valence-corrected chi connectivity index (χ3v) is 4.29. The molecule has 3 aromatic rings. The Bertz CT molecular complexity index is 1030. The van der Waals surface area contributed by atoms with Gasteiger partial charge in [-0.25, -0.2) is 4.39 Å². The molecule has 1 N–H and O–H groups in total. The van der Waals surface area contributed by atoms with Crippen LogP contribution >= 0.6 is 23.2 Å². The molecule has 2 aromatic heterocycles. The highest BCUT2D eigenvalue weighted by Crippen LogP contribution is 2.25. The van der Waals surface area contributed by atoms with Crippen LogP contribution in [-0.2, 0) is 13.6 Å². The van der Waals surface area contributed by atoms with E-state index in [9.17, 15) is 19.3 Å². The van der Waals surface area contributed by atoms with Gasteiger partial charge in [0.1, 0.15) is 17.0 Å². The van der Waals surface area contributed by atoms with Gasteiger partial charge in [-0.3, -0.25) is 24.3 Å². The molecule has 140 valence electrons. The monoisotopic (exact) mass is 412 g/mol. The summed E-state index contributed by atoms with van der Waals surface area (Å²) in [6, 6.07) is 4.27. The van der Waals surface area contributed by atoms with E-state index in [1.807, 2.05) is 0 Å². The fourth-order valence-corrected chi connectivity index (χ4v) is 2.82. The summed E-state index contributed by atoms with van der Waals surface area (Å²) in [6.45, 7) is -0.0209. The molecule has 0 radical (unpaired) electrons. The molecule has 0 saturated heterocycles. The predicted molar refractivity (Wildman–Crippen MR) is 95.6 cm³/mol. The van der Waals surface area contributed by atoms with Gasteiger partial charge in [-0.2, -0.15) is 10.2 Å². The van der Waals surface area contributed by atoms with E-state index in [0.717, 1.165) is 10.9 Å². The Morgan fingerprint density at radius 1 is 1.37 bits per heavy atom. The topological polar surface area (TPSA) is 108 Å². The normalized spacial score (nSPS) is 10.8. The number of hydrogen-bond acceptors (Lipinski definition) is 5. The first kappa shape index (κ1) is 18.8. The molecule has 0 spiro atoms. The third-order valence-electron chi connectivity index (χ3n) is 3.66. The number of nitrogens with one attached hydrogen (secondary N) is 1. The molecule has 0 aliphatic carbocycles. The first-order chi connectivity index (χ1) is 12.8. The number of rotatable bonds is 5. The van der Waals surface area contributed by atoms with Gasteiger partial charge in [0.2, 0.25) is 5.69 Å². The van der Waals surface area contributed by atoms with Crippen LogP contribution in [0.25, 0.3) is 0 Å². The summed E-state index contributed by atoms with van der Waals surface area (Å²) in [5.74, 6) is -1.35. The van der Waals surface area contributed by atoms with Gasteiger partial charge in [-0.15, -0.1) is 0 Å². The molecule has 9 nitrogen and oxygen atoms in total. The zero-order valence-corrected chi connectivity index (χ0v) is 15.2. The van der Waals surface area contributed by atoms with E-state index in [4.69, 9.17) is 23.2 Å². The van der Waals surface area contributed by atoms with Crippen LogP contribution < -0.4 is 5.32 Å². The minimum absolute atomic E-state index is 0.0209. The Morgan fingerprint density at radius 2 is 2.11 bits per heavy atom. The number of nitrogens with zero attached hydrogens (tertiary/aromatic N) is 5. The number of nitro groups is 1. The highest BCUT2D eigenvalue weighted by atomic mass is 35.5. The zero-order chi connectivity index (χ0) is 19.7. The lowest BCUT2D eigenvalue weighted by Crippen LogP contribution is -2.18. The van der Waals surface area contributed by atoms with Crippen LogP contribution in [0.2, 0.25) is 10.0 Å². The van der Waals surface area contributed by atoms with Crippen molar-refractivity contribution in [2.45, 2.75) is 6.54 Å². The number of halogens is 3. The van der Waals surface area contributed by atoms with Gasteiger partial charge < -0.3 is 5.32 Å². The van der Waals surface area contributed by atoms with Gasteiger partial charge in [0.05, 0.1) is 11.5 Å². The Labute approximate surface area is 161 Å². The molecule has 2 heterocycles. The van der Waals surface area contributed by atoms with Crippen LogP contribution in [0.1, 0.15) is 16.1 Å². The maximum atomic E-state index is 13.9. The van der Waals surface area contributed by atoms with Crippen LogP contribution in [0.15, 0.2) is 30.6 Å². The maximum Gasteiger partial charge on any atom is 0.320 e. The van der Waals surface area contributed by atoms with Crippen molar-refractivity contribution in [3.8, 4) is 0 Å². The number of benzene rings is 1. The third kappa shape index (κ3) is 3.76. The summed E-state index contributed by atoms with van der Waals surface area (Å²) in [4.78, 5) is 22.7. The molecule has 12 heteroatoms. The average Bonchev–Trinajstić information content (AvgIpc) is 3.14. The van der Waals surface area contributed by atoms with Crippen LogP contribution in [0.5, 0.6) is 0 Å². The van der Waals surface area contributed by atoms with E-state index < -0.39 is 22.3 Å². The van der Waals surface area contributed by atoms with Crippen LogP contribution in [0, 0.1) is 15.9 Å². The number of anilines is 1. The van der Waals surface area contributed by atoms with Gasteiger partial charge in [0, 0.05) is 23.8 Å². The van der Waals surface area contributed by atoms with Crippen LogP contribution in [0.4, 0.5) is 15.9 Å². The van der Waals surface area contributed by atoms with Gasteiger partial charge in [-0.1, -0.05) is 29.3 Å². The van der Waals surface area contributed by atoms with Crippen molar-refractivity contribution >= 4 is 40.6 Å². The van der Waals surface area contributed by atoms with Crippen molar-refractivity contribution in [2.75, 3.05) is 5.32 Å². The molecule has 0 atom stereocenters. The highest BCUT2D eigenvalue weighted by molar-refractivity contribution is 6.33. The number of hydrogen-bond donors (Lipinski definition) is 1. The highest BCUT2D eigenvalue weighted by Gasteiger charge is 2.26. The summed E-state index contributed by atoms with van der Waals surface area (Å²) in [7, 11) is 1.39. The average molecular weight is 413 g/mol. The van der Waals surface area contributed by atoms with Crippen LogP contribution in [-0.4, -0.2) is 30.4 Å². The summed E-state index contributed by atoms with van der Waals surface area (Å²) in [5.41, 5.74) is -0.509. The van der Waals surface area contributed by atoms with E-state index >= 15 is 0 Å². The van der Waals surface area contributed by atoms with E-state index in [-0.39, 0.29) is 33.7 Å². The molecule has 1 amide bonds. The van der Waals surface area contributed by atoms with Gasteiger partial charge in [0.25, 0.3) is 5.91 Å². The SMILES string of the molecule is Cn1ncc([N+](=O)[O-])c1C(=O)Nc1nn(Cc2c(F)cccc2Cl)cc1Cl. The smallest absolute Gasteiger partial charge is 0.302 e. The van der Waals surface area contributed by atoms with Gasteiger partial charge in [0.15, 0.2) is 5.82 Å². The Morgan fingerprint density at radius 3 is 2.78 bits per heavy atom. The first-order valence-corrected chi connectivity index (χ1v) is 8.17. The molecule has 0 unspecified atom stereocenters. The van der Waals surface area contributed by atoms with Gasteiger partial charge in [-0.05, 0) is 12.1 Å². The lowest BCUT2D eigenvalue weighted by molar-refractivity contribution is -0.385. The lowest BCUT2D eigenvalue weighted by Gasteiger charge is -2.06. The fourth-order valence-electron chi connectivity index (χ4n) is 2.40. The largest absolute Gasteiger partial charge is 0.320 e. The number of aryl methyl sites for hydroxylation is 1. The number of carbonyl (C=O) groups excluding carboxylic acids is 1. The lowest BCUT2D eigenvalue weighted by atomic mass is 10.2. The Hall–Kier alpha value is -2.98. The standard InChI is InChI=1S/C15H11Cl2FN6O3/c1-22-13(12(5-19-22)24(26)27)15(25)20-14-10(17)7-23(21-14)6-8-9(16)3-2-4-11(8)18/h2-5,7H,6H2,1H3,(H,20,21,25). The summed E-state index contributed by atoms with van der Waals surface area (Å²) < 4.78 is 16.3. The number of amides is 1. The fraction of sp³-hybridized carbons (Fsp3) is 0.133. The van der Waals surface area contributed by atoms with Crippen molar-refractivity contribution in [3.63, 3.8) is 0 Å². The summed E-state index contributed by atoms with van der Waals surface area (Å²) in [5, 5.41) is 21.5. The van der Waals surface area contributed by atoms with E-state index in [2.05, 4.69) is 15.5 Å². The van der Waals surface area contributed by atoms with Crippen molar-refractivity contribution < 1.29 is 14.1 Å². The quantitative estimate of drug-likeness (QED) is 0.510. The Balaban J connectivity index is 1.85. The molecule has 3 rings (SSSR count). The molecule has 0 aliphatic heterocycles. The molecule has 0 saturated carbocycles. The second-order valence-electron chi connectivity index (χ2n) is 5.44. The van der Waals surface area contributed by atoms with Crippen molar-refractivity contribution in [2.24, 2.45) is 7.05 Å². The summed E-state index contributed by atoms with van der Waals surface area (Å²) >= 11 is 12.0. The van der Waals surface area contributed by atoms with Crippen molar-refractivity contribution in [1.29, 1.82) is 0 Å². The van der Waals surface area contributed by atoms with Crippen molar-refractivity contribution in [1.82, 2.24) is 19.6 Å². The number of carbonyl (C=O) groups is 1. The molecule has 0 aliphatic rings. The Kier molecular flexibility index (Phi) is 5.10. The summed E-state index contributed by atoms with van der Waals surface area (Å²) in [6.07, 6.45) is 2.34. The molecule has 0 fully saturated rings. The van der Waals surface area contributed by atoms with E-state index in [1.54, 1.807) is 0 Å². The van der Waals surface area contributed by atoms with E-state index in [0.29, 0.717) is 0 Å². The molecule has 1 aromatic carbocycles. The van der Waals surface area contributed by atoms with Crippen LogP contribution in [0.3, 0.4) is 0 Å². The predicted octanol–water partition coefficient (Wildman–Crippen LogP) is 3.27. The molecular weight excluding hydrogens is 402 g/mol. The van der Waals surface area contributed by atoms with E-state index in [1.165, 1.54) is 36.1 Å². The minimum Gasteiger partial charge on any atom is -0.302 e. The second kappa shape index (κ2) is 7.33. The molecule has 0 bridgehead atoms. The van der Waals surface area contributed by atoms with Gasteiger partial charge >= 0.3 is 5.69 Å². The number of aromatic nitrogens is 4. The maximum absolute atomic E-state index is 13.9. The molecule has 27 heavy (non-hydrogen) atoms.